The highest BCUT2D eigenvalue weighted by molar-refractivity contribution is 9.10. The van der Waals surface area contributed by atoms with E-state index in [1.807, 2.05) is 74.5 Å². The third-order valence-corrected chi connectivity index (χ3v) is 9.49. The van der Waals surface area contributed by atoms with Crippen molar-refractivity contribution in [1.29, 1.82) is 0 Å². The summed E-state index contributed by atoms with van der Waals surface area (Å²) in [5.41, 5.74) is 3.95. The molecule has 9 heteroatoms. The minimum absolute atomic E-state index is 0.0719. The van der Waals surface area contributed by atoms with Crippen LogP contribution in [0.4, 0.5) is 5.69 Å². The zero-order chi connectivity index (χ0) is 30.3. The lowest BCUT2D eigenvalue weighted by Gasteiger charge is -2.33. The zero-order valence-electron chi connectivity index (χ0n) is 23.8. The number of nitrogens with one attached hydrogen (secondary N) is 1. The first-order valence-corrected chi connectivity index (χ1v) is 15.8. The number of benzene rings is 4. The quantitative estimate of drug-likeness (QED) is 0.228. The molecule has 1 atom stereocenters. The summed E-state index contributed by atoms with van der Waals surface area (Å²) >= 11 is 3.44. The molecule has 0 fully saturated rings. The van der Waals surface area contributed by atoms with Crippen molar-refractivity contribution in [1.82, 2.24) is 10.2 Å². The van der Waals surface area contributed by atoms with Gasteiger partial charge >= 0.3 is 0 Å². The number of nitrogens with zero attached hydrogens (tertiary/aromatic N) is 2. The van der Waals surface area contributed by atoms with Crippen molar-refractivity contribution in [2.75, 3.05) is 17.9 Å². The molecule has 0 saturated heterocycles. The van der Waals surface area contributed by atoms with Crippen molar-refractivity contribution >= 4 is 43.5 Å². The van der Waals surface area contributed by atoms with E-state index in [0.717, 1.165) is 31.0 Å². The second-order valence-corrected chi connectivity index (χ2v) is 12.8. The lowest BCUT2D eigenvalue weighted by atomic mass is 10.0. The molecule has 0 aliphatic carbocycles. The van der Waals surface area contributed by atoms with E-state index in [1.165, 1.54) is 24.1 Å². The first-order chi connectivity index (χ1) is 20.1. The maximum Gasteiger partial charge on any atom is 0.264 e. The van der Waals surface area contributed by atoms with Crippen molar-refractivity contribution in [2.45, 2.75) is 37.8 Å². The van der Waals surface area contributed by atoms with Gasteiger partial charge in [0.05, 0.1) is 10.6 Å². The summed E-state index contributed by atoms with van der Waals surface area (Å²) in [4.78, 5) is 29.2. The van der Waals surface area contributed by atoms with Gasteiger partial charge in [0.15, 0.2) is 0 Å². The van der Waals surface area contributed by atoms with Crippen LogP contribution >= 0.6 is 15.9 Å². The molecule has 1 N–H and O–H groups in total. The molecule has 0 heterocycles. The third kappa shape index (κ3) is 7.46. The van der Waals surface area contributed by atoms with Gasteiger partial charge in [0.2, 0.25) is 11.8 Å². The average Bonchev–Trinajstić information content (AvgIpc) is 3.00. The molecule has 0 aliphatic heterocycles. The first kappa shape index (κ1) is 31.0. The van der Waals surface area contributed by atoms with Crippen molar-refractivity contribution in [3.05, 3.63) is 130 Å². The summed E-state index contributed by atoms with van der Waals surface area (Å²) in [6, 6.07) is 29.4. The normalized spacial score (nSPS) is 11.9. The van der Waals surface area contributed by atoms with Crippen LogP contribution in [0.5, 0.6) is 0 Å². The molecule has 0 aliphatic rings. The highest BCUT2D eigenvalue weighted by atomic mass is 79.9. The predicted molar refractivity (Wildman–Crippen MR) is 170 cm³/mol. The molecule has 0 radical (unpaired) electrons. The number of rotatable bonds is 11. The molecular weight excluding hydrogens is 614 g/mol. The number of hydrogen-bond donors (Lipinski definition) is 1. The van der Waals surface area contributed by atoms with Crippen LogP contribution in [0.1, 0.15) is 22.3 Å². The number of hydrogen-bond acceptors (Lipinski definition) is 4. The molecule has 4 aromatic rings. The van der Waals surface area contributed by atoms with Crippen LogP contribution in [0.25, 0.3) is 0 Å². The van der Waals surface area contributed by atoms with Crippen LogP contribution in [0.15, 0.2) is 112 Å². The minimum Gasteiger partial charge on any atom is -0.357 e. The molecule has 2 amide bonds. The fraction of sp³-hybridized carbons (Fsp3) is 0.212. The van der Waals surface area contributed by atoms with Crippen LogP contribution < -0.4 is 9.62 Å². The zero-order valence-corrected chi connectivity index (χ0v) is 26.2. The molecule has 0 unspecified atom stereocenters. The average molecular weight is 649 g/mol. The summed E-state index contributed by atoms with van der Waals surface area (Å²) in [6.45, 7) is 3.47. The molecule has 0 saturated carbocycles. The molecule has 0 aromatic heterocycles. The topological polar surface area (TPSA) is 86.8 Å². The molecule has 0 spiro atoms. The van der Waals surface area contributed by atoms with Gasteiger partial charge in [-0.05, 0) is 72.5 Å². The monoisotopic (exact) mass is 647 g/mol. The number of sulfonamides is 1. The lowest BCUT2D eigenvalue weighted by Crippen LogP contribution is -2.53. The van der Waals surface area contributed by atoms with Crippen molar-refractivity contribution < 1.29 is 18.0 Å². The largest absolute Gasteiger partial charge is 0.357 e. The minimum atomic E-state index is -4.12. The summed E-state index contributed by atoms with van der Waals surface area (Å²) in [5.74, 6) is -0.840. The van der Waals surface area contributed by atoms with E-state index in [2.05, 4.69) is 21.2 Å². The molecule has 42 heavy (non-hydrogen) atoms. The number of likely N-dealkylation sites (N-methyl/N-ethyl adjacent to an activating group) is 1. The van der Waals surface area contributed by atoms with Gasteiger partial charge < -0.3 is 10.2 Å². The predicted octanol–water partition coefficient (Wildman–Crippen LogP) is 5.65. The lowest BCUT2D eigenvalue weighted by molar-refractivity contribution is -0.139. The number of carbonyl (C=O) groups excluding carboxylic acids is 2. The Labute approximate surface area is 256 Å². The van der Waals surface area contributed by atoms with Crippen LogP contribution in [-0.4, -0.2) is 44.8 Å². The van der Waals surface area contributed by atoms with Gasteiger partial charge in [-0.2, -0.15) is 0 Å². The summed E-state index contributed by atoms with van der Waals surface area (Å²) in [5, 5.41) is 2.70. The van der Waals surface area contributed by atoms with E-state index < -0.39 is 28.5 Å². The fourth-order valence-electron chi connectivity index (χ4n) is 4.64. The van der Waals surface area contributed by atoms with Gasteiger partial charge in [0.1, 0.15) is 12.6 Å². The van der Waals surface area contributed by atoms with Crippen LogP contribution in [0, 0.1) is 13.8 Å². The molecule has 7 nitrogen and oxygen atoms in total. The molecule has 4 rings (SSSR count). The Morgan fingerprint density at radius 3 is 2.02 bits per heavy atom. The van der Waals surface area contributed by atoms with Crippen molar-refractivity contribution in [2.24, 2.45) is 0 Å². The second kappa shape index (κ2) is 13.8. The van der Waals surface area contributed by atoms with E-state index in [1.54, 1.807) is 30.3 Å². The van der Waals surface area contributed by atoms with E-state index in [9.17, 15) is 18.0 Å². The van der Waals surface area contributed by atoms with E-state index in [0.29, 0.717) is 5.69 Å². The Kier molecular flexibility index (Phi) is 10.2. The Balaban J connectivity index is 1.79. The highest BCUT2D eigenvalue weighted by Crippen LogP contribution is 2.27. The Hall–Kier alpha value is -3.95. The summed E-state index contributed by atoms with van der Waals surface area (Å²) < 4.78 is 30.0. The molecule has 0 bridgehead atoms. The van der Waals surface area contributed by atoms with Crippen molar-refractivity contribution in [3.8, 4) is 0 Å². The standard InChI is InChI=1S/C33H34BrN3O4S/c1-24-14-19-29(20-25(24)2)37(42(40,41)30-12-8-5-9-13-30)23-32(38)36(22-27-15-17-28(34)18-16-27)31(33(39)35-3)21-26-10-6-4-7-11-26/h4-20,31H,21-23H2,1-3H3,(H,35,39)/t31-/m0/s1. The number of amides is 2. The number of carbonyl (C=O) groups is 2. The fourth-order valence-corrected chi connectivity index (χ4v) is 6.33. The summed E-state index contributed by atoms with van der Waals surface area (Å²) in [6.07, 6.45) is 0.262. The van der Waals surface area contributed by atoms with Gasteiger partial charge in [-0.25, -0.2) is 8.42 Å². The molecular formula is C33H34BrN3O4S. The van der Waals surface area contributed by atoms with Crippen LogP contribution in [0.2, 0.25) is 0 Å². The smallest absolute Gasteiger partial charge is 0.264 e. The maximum absolute atomic E-state index is 14.3. The van der Waals surface area contributed by atoms with Gasteiger partial charge in [-0.15, -0.1) is 0 Å². The van der Waals surface area contributed by atoms with Gasteiger partial charge in [0.25, 0.3) is 10.0 Å². The van der Waals surface area contributed by atoms with Crippen LogP contribution in [0.3, 0.4) is 0 Å². The molecule has 4 aromatic carbocycles. The van der Waals surface area contributed by atoms with Crippen LogP contribution in [-0.2, 0) is 32.6 Å². The number of halogens is 1. The van der Waals surface area contributed by atoms with Gasteiger partial charge in [0, 0.05) is 24.5 Å². The van der Waals surface area contributed by atoms with Crippen molar-refractivity contribution in [3.63, 3.8) is 0 Å². The maximum atomic E-state index is 14.3. The van der Waals surface area contributed by atoms with Gasteiger partial charge in [-0.3, -0.25) is 13.9 Å². The van der Waals surface area contributed by atoms with E-state index in [-0.39, 0.29) is 23.8 Å². The van der Waals surface area contributed by atoms with Gasteiger partial charge in [-0.1, -0.05) is 82.7 Å². The highest BCUT2D eigenvalue weighted by Gasteiger charge is 2.34. The number of aryl methyl sites for hydroxylation is 2. The molecule has 218 valence electrons. The SMILES string of the molecule is CNC(=O)[C@H](Cc1ccccc1)N(Cc1ccc(Br)cc1)C(=O)CN(c1ccc(C)c(C)c1)S(=O)(=O)c1ccccc1. The number of anilines is 1. The Morgan fingerprint density at radius 2 is 1.43 bits per heavy atom. The van der Waals surface area contributed by atoms with E-state index >= 15 is 0 Å². The summed E-state index contributed by atoms with van der Waals surface area (Å²) in [7, 11) is -2.59. The van der Waals surface area contributed by atoms with E-state index in [4.69, 9.17) is 0 Å². The second-order valence-electron chi connectivity index (χ2n) is 10.1. The Morgan fingerprint density at radius 1 is 0.810 bits per heavy atom. The third-order valence-electron chi connectivity index (χ3n) is 7.17. The first-order valence-electron chi connectivity index (χ1n) is 13.5. The Bertz CT molecular complexity index is 1630.